The molecule has 200 valence electrons. The van der Waals surface area contributed by atoms with E-state index < -0.39 is 30.1 Å². The Morgan fingerprint density at radius 2 is 1.86 bits per heavy atom. The van der Waals surface area contributed by atoms with Gasteiger partial charge in [-0.2, -0.15) is 8.78 Å². The standard InChI is InChI=1S/C26H33F2N5O3S/c1-17(34)33-16-26(27,28)22-18(33)7-6-8-19(22)37-21-14-29-20(13-30-21)32-11-9-25(5,10-12-32)15-31-23(35)36-24(2,3)4/h6-8,13-14H,9-12,15-16H2,1-5H3,(H,31,35). The number of piperidine rings is 1. The molecular formula is C26H33F2N5O3S. The zero-order chi connectivity index (χ0) is 27.0. The Morgan fingerprint density at radius 3 is 2.46 bits per heavy atom. The summed E-state index contributed by atoms with van der Waals surface area (Å²) < 4.78 is 34.9. The van der Waals surface area contributed by atoms with Gasteiger partial charge in [0.1, 0.15) is 16.4 Å². The van der Waals surface area contributed by atoms with Crippen LogP contribution in [-0.4, -0.2) is 53.7 Å². The van der Waals surface area contributed by atoms with E-state index in [0.29, 0.717) is 16.5 Å². The highest BCUT2D eigenvalue weighted by molar-refractivity contribution is 7.99. The maximum absolute atomic E-state index is 14.8. The molecular weight excluding hydrogens is 500 g/mol. The fourth-order valence-electron chi connectivity index (χ4n) is 4.53. The first kappa shape index (κ1) is 27.1. The highest BCUT2D eigenvalue weighted by atomic mass is 32.2. The molecule has 37 heavy (non-hydrogen) atoms. The number of rotatable bonds is 5. The van der Waals surface area contributed by atoms with Crippen LogP contribution in [0, 0.1) is 5.41 Å². The molecule has 0 saturated carbocycles. The SMILES string of the molecule is CC(=O)N1CC(F)(F)c2c(Sc3cnc(N4CCC(C)(CNC(=O)OC(C)(C)C)CC4)cn3)cccc21. The van der Waals surface area contributed by atoms with Crippen molar-refractivity contribution in [1.82, 2.24) is 15.3 Å². The van der Waals surface area contributed by atoms with E-state index in [9.17, 15) is 18.4 Å². The molecule has 8 nitrogen and oxygen atoms in total. The van der Waals surface area contributed by atoms with Crippen molar-refractivity contribution in [3.63, 3.8) is 0 Å². The Labute approximate surface area is 220 Å². The van der Waals surface area contributed by atoms with Crippen molar-refractivity contribution in [3.8, 4) is 0 Å². The molecule has 4 rings (SSSR count). The van der Waals surface area contributed by atoms with Gasteiger partial charge in [-0.05, 0) is 51.2 Å². The van der Waals surface area contributed by atoms with Gasteiger partial charge in [-0.15, -0.1) is 0 Å². The van der Waals surface area contributed by atoms with Crippen LogP contribution in [0.5, 0.6) is 0 Å². The summed E-state index contributed by atoms with van der Waals surface area (Å²) in [7, 11) is 0. The molecule has 0 aliphatic carbocycles. The highest BCUT2D eigenvalue weighted by Crippen LogP contribution is 2.48. The van der Waals surface area contributed by atoms with E-state index in [-0.39, 0.29) is 16.7 Å². The monoisotopic (exact) mass is 533 g/mol. The third-order valence-electron chi connectivity index (χ3n) is 6.58. The molecule has 2 aromatic rings. The molecule has 3 heterocycles. The summed E-state index contributed by atoms with van der Waals surface area (Å²) in [5, 5.41) is 3.38. The van der Waals surface area contributed by atoms with Crippen molar-refractivity contribution in [3.05, 3.63) is 36.2 Å². The quantitative estimate of drug-likeness (QED) is 0.564. The summed E-state index contributed by atoms with van der Waals surface area (Å²) >= 11 is 1.11. The van der Waals surface area contributed by atoms with E-state index in [1.54, 1.807) is 30.6 Å². The zero-order valence-electron chi connectivity index (χ0n) is 21.8. The molecule has 0 bridgehead atoms. The van der Waals surface area contributed by atoms with Gasteiger partial charge in [-0.25, -0.2) is 14.8 Å². The van der Waals surface area contributed by atoms with Crippen LogP contribution in [-0.2, 0) is 15.5 Å². The summed E-state index contributed by atoms with van der Waals surface area (Å²) in [6.45, 7) is 10.3. The van der Waals surface area contributed by atoms with E-state index in [2.05, 4.69) is 27.1 Å². The number of hydrogen-bond acceptors (Lipinski definition) is 7. The minimum absolute atomic E-state index is 0.0523. The molecule has 1 N–H and O–H groups in total. The van der Waals surface area contributed by atoms with E-state index in [1.807, 2.05) is 20.8 Å². The number of alkyl halides is 2. The predicted octanol–water partition coefficient (Wildman–Crippen LogP) is 5.22. The Morgan fingerprint density at radius 1 is 1.16 bits per heavy atom. The molecule has 1 saturated heterocycles. The van der Waals surface area contributed by atoms with E-state index in [0.717, 1.165) is 48.4 Å². The largest absolute Gasteiger partial charge is 0.444 e. The Balaban J connectivity index is 1.37. The van der Waals surface area contributed by atoms with Gasteiger partial charge in [-0.1, -0.05) is 24.8 Å². The highest BCUT2D eigenvalue weighted by Gasteiger charge is 2.47. The number of carbonyl (C=O) groups is 2. The first-order chi connectivity index (χ1) is 17.3. The molecule has 0 atom stereocenters. The number of benzene rings is 1. The number of fused-ring (bicyclic) bond motifs is 1. The summed E-state index contributed by atoms with van der Waals surface area (Å²) in [5.74, 6) is -2.82. The van der Waals surface area contributed by atoms with E-state index >= 15 is 0 Å². The minimum Gasteiger partial charge on any atom is -0.444 e. The smallest absolute Gasteiger partial charge is 0.407 e. The fourth-order valence-corrected chi connectivity index (χ4v) is 5.47. The van der Waals surface area contributed by atoms with Crippen molar-refractivity contribution < 1.29 is 23.1 Å². The summed E-state index contributed by atoms with van der Waals surface area (Å²) in [6, 6.07) is 4.83. The number of nitrogens with one attached hydrogen (secondary N) is 1. The van der Waals surface area contributed by atoms with Crippen molar-refractivity contribution in [1.29, 1.82) is 0 Å². The first-order valence-corrected chi connectivity index (χ1v) is 13.1. The Bertz CT molecular complexity index is 1160. The van der Waals surface area contributed by atoms with Crippen molar-refractivity contribution in [2.45, 2.75) is 68.9 Å². The number of alkyl carbamates (subject to hydrolysis) is 1. The van der Waals surface area contributed by atoms with Gasteiger partial charge in [-0.3, -0.25) is 4.79 Å². The average Bonchev–Trinajstić information content (AvgIpc) is 3.10. The summed E-state index contributed by atoms with van der Waals surface area (Å²) in [6.07, 6.45) is 4.56. The summed E-state index contributed by atoms with van der Waals surface area (Å²) in [4.78, 5) is 36.5. The minimum atomic E-state index is -3.13. The molecule has 0 unspecified atom stereocenters. The molecule has 1 aromatic carbocycles. The topological polar surface area (TPSA) is 87.7 Å². The van der Waals surface area contributed by atoms with Gasteiger partial charge in [0.15, 0.2) is 0 Å². The molecule has 0 radical (unpaired) electrons. The second-order valence-corrected chi connectivity index (χ2v) is 12.0. The predicted molar refractivity (Wildman–Crippen MR) is 138 cm³/mol. The first-order valence-electron chi connectivity index (χ1n) is 12.3. The van der Waals surface area contributed by atoms with Gasteiger partial charge < -0.3 is 19.9 Å². The molecule has 2 aliphatic rings. The molecule has 1 aromatic heterocycles. The van der Waals surface area contributed by atoms with Crippen LogP contribution in [0.2, 0.25) is 0 Å². The average molecular weight is 534 g/mol. The number of hydrogen-bond donors (Lipinski definition) is 1. The van der Waals surface area contributed by atoms with Crippen LogP contribution >= 0.6 is 11.8 Å². The van der Waals surface area contributed by atoms with Gasteiger partial charge in [0.05, 0.1) is 30.2 Å². The van der Waals surface area contributed by atoms with Crippen LogP contribution in [0.1, 0.15) is 53.0 Å². The van der Waals surface area contributed by atoms with E-state index in [1.165, 1.54) is 6.92 Å². The Kier molecular flexibility index (Phi) is 7.38. The second kappa shape index (κ2) is 10.1. The van der Waals surface area contributed by atoms with Gasteiger partial charge in [0.2, 0.25) is 5.91 Å². The second-order valence-electron chi connectivity index (χ2n) is 10.9. The normalized spacial score (nSPS) is 18.4. The summed E-state index contributed by atoms with van der Waals surface area (Å²) in [5.41, 5.74) is -0.488. The molecule has 11 heteroatoms. The number of amides is 2. The fraction of sp³-hybridized carbons (Fsp3) is 0.538. The van der Waals surface area contributed by atoms with Gasteiger partial charge in [0.25, 0.3) is 5.92 Å². The molecule has 0 spiro atoms. The zero-order valence-corrected chi connectivity index (χ0v) is 22.6. The number of anilines is 2. The maximum atomic E-state index is 14.8. The van der Waals surface area contributed by atoms with E-state index in [4.69, 9.17) is 4.74 Å². The number of aromatic nitrogens is 2. The van der Waals surface area contributed by atoms with Crippen LogP contribution in [0.15, 0.2) is 40.5 Å². The third kappa shape index (κ3) is 6.31. The number of ether oxygens (including phenoxy) is 1. The van der Waals surface area contributed by atoms with Crippen LogP contribution in [0.3, 0.4) is 0 Å². The van der Waals surface area contributed by atoms with Crippen molar-refractivity contribution in [2.75, 3.05) is 36.0 Å². The van der Waals surface area contributed by atoms with Crippen LogP contribution in [0.25, 0.3) is 0 Å². The number of nitrogens with zero attached hydrogens (tertiary/aromatic N) is 4. The molecule has 2 aliphatic heterocycles. The molecule has 1 fully saturated rings. The lowest BCUT2D eigenvalue weighted by Crippen LogP contribution is -2.45. The van der Waals surface area contributed by atoms with Crippen LogP contribution < -0.4 is 15.1 Å². The lowest BCUT2D eigenvalue weighted by molar-refractivity contribution is -0.117. The molecule has 2 amide bonds. The van der Waals surface area contributed by atoms with Crippen LogP contribution in [0.4, 0.5) is 25.1 Å². The maximum Gasteiger partial charge on any atom is 0.407 e. The van der Waals surface area contributed by atoms with Gasteiger partial charge >= 0.3 is 6.09 Å². The van der Waals surface area contributed by atoms with Crippen molar-refractivity contribution in [2.24, 2.45) is 5.41 Å². The third-order valence-corrected chi connectivity index (χ3v) is 7.56. The Hall–Kier alpha value is -2.95. The number of carbonyl (C=O) groups excluding carboxylic acids is 2. The lowest BCUT2D eigenvalue weighted by atomic mass is 9.80. The lowest BCUT2D eigenvalue weighted by Gasteiger charge is -2.40. The van der Waals surface area contributed by atoms with Gasteiger partial charge in [0, 0.05) is 31.5 Å². The number of halogens is 2. The van der Waals surface area contributed by atoms with Crippen molar-refractivity contribution >= 4 is 35.3 Å².